The molecule has 6 heteroatoms. The van der Waals surface area contributed by atoms with E-state index in [9.17, 15) is 4.79 Å². The molecule has 2 aliphatic heterocycles. The number of fused-ring (bicyclic) bond motifs is 3. The third-order valence-electron chi connectivity index (χ3n) is 6.08. The summed E-state index contributed by atoms with van der Waals surface area (Å²) in [7, 11) is 6.83. The van der Waals surface area contributed by atoms with Crippen LogP contribution in [-0.2, 0) is 0 Å². The van der Waals surface area contributed by atoms with Gasteiger partial charge in [-0.25, -0.2) is 0 Å². The van der Waals surface area contributed by atoms with Crippen LogP contribution in [0.5, 0.6) is 17.2 Å². The first-order valence-electron chi connectivity index (χ1n) is 9.91. The van der Waals surface area contributed by atoms with E-state index in [-0.39, 0.29) is 11.9 Å². The number of hydrogen-bond acceptors (Lipinski definition) is 5. The van der Waals surface area contributed by atoms with Gasteiger partial charge in [-0.05, 0) is 50.7 Å². The van der Waals surface area contributed by atoms with Crippen molar-refractivity contribution < 1.29 is 19.0 Å². The van der Waals surface area contributed by atoms with Crippen molar-refractivity contribution in [3.8, 4) is 17.2 Å². The minimum absolute atomic E-state index is 0.0357. The van der Waals surface area contributed by atoms with Crippen molar-refractivity contribution in [3.63, 3.8) is 0 Å². The van der Waals surface area contributed by atoms with Gasteiger partial charge in [0.15, 0.2) is 11.5 Å². The van der Waals surface area contributed by atoms with Crippen LogP contribution >= 0.6 is 0 Å². The Morgan fingerprint density at radius 2 is 1.72 bits per heavy atom. The highest BCUT2D eigenvalue weighted by molar-refractivity contribution is 6.08. The van der Waals surface area contributed by atoms with Crippen molar-refractivity contribution in [2.75, 3.05) is 46.4 Å². The maximum atomic E-state index is 13.7. The van der Waals surface area contributed by atoms with Gasteiger partial charge < -0.3 is 24.0 Å². The maximum absolute atomic E-state index is 13.7. The number of nitrogens with zero attached hydrogens (tertiary/aromatic N) is 2. The first-order valence-corrected chi connectivity index (χ1v) is 9.91. The van der Waals surface area contributed by atoms with Gasteiger partial charge in [-0.1, -0.05) is 17.7 Å². The molecule has 0 aliphatic carbocycles. The molecule has 2 aromatic rings. The molecule has 0 radical (unpaired) electrons. The van der Waals surface area contributed by atoms with Gasteiger partial charge in [0.25, 0.3) is 5.91 Å². The Morgan fingerprint density at radius 3 is 2.34 bits per heavy atom. The lowest BCUT2D eigenvalue weighted by Gasteiger charge is -2.36. The van der Waals surface area contributed by atoms with Gasteiger partial charge in [-0.3, -0.25) is 4.79 Å². The number of likely N-dealkylation sites (tertiary alicyclic amines) is 1. The van der Waals surface area contributed by atoms with Crippen molar-refractivity contribution in [1.29, 1.82) is 0 Å². The summed E-state index contributed by atoms with van der Waals surface area (Å²) in [4.78, 5) is 18.1. The molecular formula is C23H28N2O4. The molecule has 1 saturated heterocycles. The van der Waals surface area contributed by atoms with Crippen LogP contribution < -0.4 is 19.1 Å². The number of piperidine rings is 1. The van der Waals surface area contributed by atoms with Crippen LogP contribution in [0.3, 0.4) is 0 Å². The van der Waals surface area contributed by atoms with Gasteiger partial charge in [-0.2, -0.15) is 0 Å². The van der Waals surface area contributed by atoms with Crippen LogP contribution in [0.25, 0.3) is 0 Å². The average Bonchev–Trinajstić information content (AvgIpc) is 3.04. The van der Waals surface area contributed by atoms with Gasteiger partial charge >= 0.3 is 0 Å². The Kier molecular flexibility index (Phi) is 5.13. The van der Waals surface area contributed by atoms with Crippen molar-refractivity contribution in [1.82, 2.24) is 4.90 Å². The SMILES string of the molecule is COc1cc(C(=O)N2c3ccc(C)cc3[C@H]3CN(C)CC[C@H]32)cc(OC)c1OC. The zero-order valence-electron chi connectivity index (χ0n) is 17.7. The third-order valence-corrected chi connectivity index (χ3v) is 6.08. The second-order valence-electron chi connectivity index (χ2n) is 7.88. The van der Waals surface area contributed by atoms with Crippen LogP contribution in [0.4, 0.5) is 5.69 Å². The van der Waals surface area contributed by atoms with Gasteiger partial charge in [0.05, 0.1) is 21.3 Å². The molecule has 0 unspecified atom stereocenters. The molecule has 0 N–H and O–H groups in total. The molecule has 0 bridgehead atoms. The number of ether oxygens (including phenoxy) is 3. The molecule has 4 rings (SSSR count). The molecular weight excluding hydrogens is 368 g/mol. The summed E-state index contributed by atoms with van der Waals surface area (Å²) in [5.41, 5.74) is 4.03. The van der Waals surface area contributed by atoms with Gasteiger partial charge in [0.2, 0.25) is 5.75 Å². The zero-order chi connectivity index (χ0) is 20.7. The fraction of sp³-hybridized carbons (Fsp3) is 0.435. The predicted octanol–water partition coefficient (Wildman–Crippen LogP) is 3.47. The van der Waals surface area contributed by atoms with E-state index in [0.717, 1.165) is 25.2 Å². The van der Waals surface area contributed by atoms with Crippen LogP contribution in [-0.4, -0.2) is 58.3 Å². The highest BCUT2D eigenvalue weighted by atomic mass is 16.5. The van der Waals surface area contributed by atoms with Crippen molar-refractivity contribution in [3.05, 3.63) is 47.0 Å². The first kappa shape index (κ1) is 19.6. The predicted molar refractivity (Wildman–Crippen MR) is 113 cm³/mol. The monoisotopic (exact) mass is 396 g/mol. The molecule has 0 aromatic heterocycles. The van der Waals surface area contributed by atoms with E-state index in [0.29, 0.717) is 28.7 Å². The molecule has 2 aliphatic rings. The Morgan fingerprint density at radius 1 is 1.03 bits per heavy atom. The van der Waals surface area contributed by atoms with Gasteiger partial charge in [0, 0.05) is 29.8 Å². The average molecular weight is 396 g/mol. The quantitative estimate of drug-likeness (QED) is 0.792. The molecule has 0 spiro atoms. The Bertz CT molecular complexity index is 917. The largest absolute Gasteiger partial charge is 0.493 e. The summed E-state index contributed by atoms with van der Waals surface area (Å²) in [5.74, 6) is 1.75. The Hall–Kier alpha value is -2.73. The summed E-state index contributed by atoms with van der Waals surface area (Å²) in [6, 6.07) is 10.0. The Balaban J connectivity index is 1.79. The lowest BCUT2D eigenvalue weighted by molar-refractivity contribution is 0.0964. The van der Waals surface area contributed by atoms with E-state index in [1.165, 1.54) is 11.1 Å². The minimum atomic E-state index is -0.0357. The smallest absolute Gasteiger partial charge is 0.258 e. The second-order valence-corrected chi connectivity index (χ2v) is 7.88. The second kappa shape index (κ2) is 7.59. The normalized spacial score (nSPS) is 20.8. The van der Waals surface area contributed by atoms with Gasteiger partial charge in [-0.15, -0.1) is 0 Å². The number of aryl methyl sites for hydroxylation is 1. The number of hydrogen-bond donors (Lipinski definition) is 0. The number of methoxy groups -OCH3 is 3. The molecule has 2 atom stereocenters. The van der Waals surface area contributed by atoms with Gasteiger partial charge in [0.1, 0.15) is 0 Å². The van der Waals surface area contributed by atoms with Crippen molar-refractivity contribution in [2.24, 2.45) is 0 Å². The minimum Gasteiger partial charge on any atom is -0.493 e. The van der Waals surface area contributed by atoms with E-state index in [4.69, 9.17) is 14.2 Å². The number of carbonyl (C=O) groups excluding carboxylic acids is 1. The molecule has 1 fully saturated rings. The zero-order valence-corrected chi connectivity index (χ0v) is 17.7. The van der Waals surface area contributed by atoms with E-state index in [1.807, 2.05) is 4.90 Å². The Labute approximate surface area is 172 Å². The first-order chi connectivity index (χ1) is 14.0. The van der Waals surface area contributed by atoms with E-state index in [1.54, 1.807) is 33.5 Å². The molecule has 2 aromatic carbocycles. The van der Waals surface area contributed by atoms with Crippen LogP contribution in [0.2, 0.25) is 0 Å². The summed E-state index contributed by atoms with van der Waals surface area (Å²) in [6.07, 6.45) is 0.949. The summed E-state index contributed by atoms with van der Waals surface area (Å²) < 4.78 is 16.3. The summed E-state index contributed by atoms with van der Waals surface area (Å²) >= 11 is 0. The molecule has 2 heterocycles. The molecule has 29 heavy (non-hydrogen) atoms. The van der Waals surface area contributed by atoms with E-state index >= 15 is 0 Å². The van der Waals surface area contributed by atoms with E-state index in [2.05, 4.69) is 37.1 Å². The van der Waals surface area contributed by atoms with Crippen LogP contribution in [0.15, 0.2) is 30.3 Å². The fourth-order valence-corrected chi connectivity index (χ4v) is 4.69. The topological polar surface area (TPSA) is 51.2 Å². The standard InChI is InChI=1S/C23H28N2O4/c1-14-6-7-18-16(10-14)17-13-24(2)9-8-19(17)25(18)23(26)15-11-20(27-3)22(29-5)21(12-15)28-4/h6-7,10-12,17,19H,8-9,13H2,1-5H3/t17-,19-/m1/s1. The van der Waals surface area contributed by atoms with Crippen LogP contribution in [0.1, 0.15) is 33.8 Å². The fourth-order valence-electron chi connectivity index (χ4n) is 4.69. The number of anilines is 1. The summed E-state index contributed by atoms with van der Waals surface area (Å²) in [5, 5.41) is 0. The highest BCUT2D eigenvalue weighted by Crippen LogP contribution is 2.46. The lowest BCUT2D eigenvalue weighted by atomic mass is 9.88. The number of amides is 1. The molecule has 6 nitrogen and oxygen atoms in total. The third kappa shape index (κ3) is 3.21. The number of likely N-dealkylation sites (N-methyl/N-ethyl adjacent to an activating group) is 1. The number of carbonyl (C=O) groups is 1. The van der Waals surface area contributed by atoms with Crippen molar-refractivity contribution >= 4 is 11.6 Å². The lowest BCUT2D eigenvalue weighted by Crippen LogP contribution is -2.47. The number of rotatable bonds is 4. The molecule has 1 amide bonds. The number of benzene rings is 2. The maximum Gasteiger partial charge on any atom is 0.258 e. The molecule has 154 valence electrons. The molecule has 0 saturated carbocycles. The van der Waals surface area contributed by atoms with E-state index < -0.39 is 0 Å². The summed E-state index contributed by atoms with van der Waals surface area (Å²) in [6.45, 7) is 4.04. The highest BCUT2D eigenvalue weighted by Gasteiger charge is 2.44. The van der Waals surface area contributed by atoms with Crippen LogP contribution in [0, 0.1) is 6.92 Å². The van der Waals surface area contributed by atoms with Crippen molar-refractivity contribution in [2.45, 2.75) is 25.3 Å².